The van der Waals surface area contributed by atoms with Crippen molar-refractivity contribution < 1.29 is 23.9 Å². The minimum absolute atomic E-state index is 0.181. The summed E-state index contributed by atoms with van der Waals surface area (Å²) < 4.78 is 10.7. The lowest BCUT2D eigenvalue weighted by Crippen LogP contribution is -2.54. The van der Waals surface area contributed by atoms with E-state index in [2.05, 4.69) is 22.4 Å². The number of ether oxygens (including phenoxy) is 2. The zero-order valence-corrected chi connectivity index (χ0v) is 22.8. The van der Waals surface area contributed by atoms with E-state index in [4.69, 9.17) is 9.47 Å². The molecule has 0 amide bonds. The van der Waals surface area contributed by atoms with Gasteiger partial charge < -0.3 is 24.7 Å². The van der Waals surface area contributed by atoms with Crippen LogP contribution >= 0.6 is 0 Å². The second-order valence-corrected chi connectivity index (χ2v) is 10.0. The molecule has 9 nitrogen and oxygen atoms in total. The normalized spacial score (nSPS) is 21.4. The number of H-pyrrole nitrogens is 1. The van der Waals surface area contributed by atoms with Crippen LogP contribution in [-0.2, 0) is 25.5 Å². The SMILES string of the molecule is CCOC(=O)c1ccc2c(c1)C1C(C(C#N)C(C(C)=O)=CN1CCc1c[nH]c3ccccc13)C(C(=O)OCC)N2. The van der Waals surface area contributed by atoms with E-state index in [1.165, 1.54) is 6.92 Å². The Kier molecular flexibility index (Phi) is 7.60. The van der Waals surface area contributed by atoms with E-state index in [0.29, 0.717) is 29.8 Å². The van der Waals surface area contributed by atoms with E-state index in [1.807, 2.05) is 29.3 Å². The molecule has 4 atom stereocenters. The van der Waals surface area contributed by atoms with Crippen LogP contribution in [0.2, 0.25) is 0 Å². The molecule has 40 heavy (non-hydrogen) atoms. The summed E-state index contributed by atoms with van der Waals surface area (Å²) >= 11 is 0. The first kappa shape index (κ1) is 27.0. The van der Waals surface area contributed by atoms with E-state index >= 15 is 0 Å². The molecule has 5 rings (SSSR count). The number of aromatic amines is 1. The maximum absolute atomic E-state index is 13.3. The van der Waals surface area contributed by atoms with Crippen LogP contribution in [0.4, 0.5) is 5.69 Å². The number of ketones is 1. The zero-order chi connectivity index (χ0) is 28.4. The third kappa shape index (κ3) is 4.81. The Bertz CT molecular complexity index is 1530. The van der Waals surface area contributed by atoms with Gasteiger partial charge in [-0.15, -0.1) is 0 Å². The third-order valence-electron chi connectivity index (χ3n) is 7.72. The fraction of sp³-hybridized carbons (Fsp3) is 0.355. The molecular weight excluding hydrogens is 508 g/mol. The fourth-order valence-corrected chi connectivity index (χ4v) is 5.96. The number of nitriles is 1. The topological polar surface area (TPSA) is 125 Å². The highest BCUT2D eigenvalue weighted by atomic mass is 16.5. The molecule has 9 heteroatoms. The first-order valence-electron chi connectivity index (χ1n) is 13.5. The molecule has 0 spiro atoms. The molecule has 2 N–H and O–H groups in total. The van der Waals surface area contributed by atoms with Crippen LogP contribution in [0.1, 0.15) is 48.3 Å². The highest BCUT2D eigenvalue weighted by Crippen LogP contribution is 2.49. The van der Waals surface area contributed by atoms with Crippen LogP contribution < -0.4 is 5.32 Å². The molecule has 1 aromatic heterocycles. The molecule has 2 aromatic carbocycles. The first-order valence-corrected chi connectivity index (χ1v) is 13.5. The Hall–Kier alpha value is -4.58. The number of esters is 2. The maximum atomic E-state index is 13.3. The predicted molar refractivity (Wildman–Crippen MR) is 149 cm³/mol. The van der Waals surface area contributed by atoms with Crippen molar-refractivity contribution in [2.75, 3.05) is 25.1 Å². The second-order valence-electron chi connectivity index (χ2n) is 10.0. The molecule has 3 aromatic rings. The van der Waals surface area contributed by atoms with Gasteiger partial charge in [-0.2, -0.15) is 5.26 Å². The molecule has 0 radical (unpaired) electrons. The minimum atomic E-state index is -0.866. The number of Topliss-reactive ketones (excluding diaryl/α,β-unsaturated/α-hetero) is 1. The van der Waals surface area contributed by atoms with Gasteiger partial charge in [-0.3, -0.25) is 4.79 Å². The van der Waals surface area contributed by atoms with Crippen molar-refractivity contribution in [2.45, 2.75) is 39.3 Å². The van der Waals surface area contributed by atoms with Crippen LogP contribution in [0, 0.1) is 23.2 Å². The van der Waals surface area contributed by atoms with E-state index < -0.39 is 35.9 Å². The monoisotopic (exact) mass is 540 g/mol. The molecule has 0 aliphatic carbocycles. The number of benzene rings is 2. The molecule has 2 aliphatic heterocycles. The summed E-state index contributed by atoms with van der Waals surface area (Å²) in [5.41, 5.74) is 4.30. The van der Waals surface area contributed by atoms with Crippen LogP contribution in [0.15, 0.2) is 60.4 Å². The number of para-hydroxylation sites is 1. The van der Waals surface area contributed by atoms with Gasteiger partial charge in [-0.1, -0.05) is 18.2 Å². The van der Waals surface area contributed by atoms with Crippen LogP contribution in [0.5, 0.6) is 0 Å². The number of fused-ring (bicyclic) bond motifs is 4. The Morgan fingerprint density at radius 3 is 2.58 bits per heavy atom. The average molecular weight is 541 g/mol. The lowest BCUT2D eigenvalue weighted by molar-refractivity contribution is -0.146. The third-order valence-corrected chi connectivity index (χ3v) is 7.72. The van der Waals surface area contributed by atoms with Crippen molar-refractivity contribution >= 4 is 34.3 Å². The van der Waals surface area contributed by atoms with Crippen LogP contribution in [0.25, 0.3) is 10.9 Å². The Balaban J connectivity index is 1.63. The molecule has 0 fully saturated rings. The molecule has 4 unspecified atom stereocenters. The van der Waals surface area contributed by atoms with Crippen molar-refractivity contribution in [3.63, 3.8) is 0 Å². The molecular formula is C31H32N4O5. The lowest BCUT2D eigenvalue weighted by atomic mass is 9.69. The highest BCUT2D eigenvalue weighted by Gasteiger charge is 2.51. The van der Waals surface area contributed by atoms with E-state index in [9.17, 15) is 19.6 Å². The lowest BCUT2D eigenvalue weighted by Gasteiger charge is -2.49. The minimum Gasteiger partial charge on any atom is -0.464 e. The van der Waals surface area contributed by atoms with Gasteiger partial charge in [0.05, 0.1) is 36.8 Å². The van der Waals surface area contributed by atoms with Crippen molar-refractivity contribution in [3.05, 3.63) is 77.1 Å². The summed E-state index contributed by atoms with van der Waals surface area (Å²) in [6.07, 6.45) is 4.40. The van der Waals surface area contributed by atoms with Gasteiger partial charge in [0.1, 0.15) is 6.04 Å². The van der Waals surface area contributed by atoms with Crippen molar-refractivity contribution in [1.29, 1.82) is 5.26 Å². The molecule has 3 heterocycles. The quantitative estimate of drug-likeness (QED) is 0.400. The number of aromatic nitrogens is 1. The van der Waals surface area contributed by atoms with Gasteiger partial charge in [0, 0.05) is 47.0 Å². The van der Waals surface area contributed by atoms with Crippen molar-refractivity contribution in [1.82, 2.24) is 9.88 Å². The van der Waals surface area contributed by atoms with E-state index in [0.717, 1.165) is 22.0 Å². The van der Waals surface area contributed by atoms with Gasteiger partial charge in [0.2, 0.25) is 0 Å². The molecule has 0 saturated carbocycles. The molecule has 0 bridgehead atoms. The van der Waals surface area contributed by atoms with Crippen molar-refractivity contribution in [3.8, 4) is 6.07 Å². The number of hydrogen-bond donors (Lipinski definition) is 2. The summed E-state index contributed by atoms with van der Waals surface area (Å²) in [6.45, 7) is 5.85. The van der Waals surface area contributed by atoms with Gasteiger partial charge in [0.25, 0.3) is 0 Å². The number of rotatable bonds is 8. The maximum Gasteiger partial charge on any atom is 0.338 e. The summed E-state index contributed by atoms with van der Waals surface area (Å²) in [5.74, 6) is -2.66. The number of nitrogens with one attached hydrogen (secondary N) is 2. The predicted octanol–water partition coefficient (Wildman–Crippen LogP) is 4.53. The van der Waals surface area contributed by atoms with Crippen LogP contribution in [-0.4, -0.2) is 53.4 Å². The number of anilines is 1. The summed E-state index contributed by atoms with van der Waals surface area (Å²) in [7, 11) is 0. The zero-order valence-electron chi connectivity index (χ0n) is 22.8. The smallest absolute Gasteiger partial charge is 0.338 e. The van der Waals surface area contributed by atoms with Crippen molar-refractivity contribution in [2.24, 2.45) is 11.8 Å². The Morgan fingerprint density at radius 1 is 1.07 bits per heavy atom. The second kappa shape index (κ2) is 11.3. The van der Waals surface area contributed by atoms with E-state index in [-0.39, 0.29) is 19.0 Å². The van der Waals surface area contributed by atoms with Gasteiger partial charge >= 0.3 is 11.9 Å². The number of carbonyl (C=O) groups is 3. The summed E-state index contributed by atoms with van der Waals surface area (Å²) in [4.78, 5) is 44.1. The van der Waals surface area contributed by atoms with E-state index in [1.54, 1.807) is 38.2 Å². The van der Waals surface area contributed by atoms with Gasteiger partial charge in [-0.05, 0) is 62.6 Å². The average Bonchev–Trinajstić information content (AvgIpc) is 3.37. The van der Waals surface area contributed by atoms with Crippen LogP contribution in [0.3, 0.4) is 0 Å². The standard InChI is InChI=1S/C31H32N4O5/c1-4-39-30(37)19-10-11-26-22(14-19)29-27(28(34-26)31(38)40-5-2)23(15-32)24(18(3)36)17-35(29)13-12-20-16-33-25-9-7-6-8-21(20)25/h6-11,14,16-17,23,27-29,33-34H,4-5,12-13H2,1-3H3. The molecule has 2 aliphatic rings. The Labute approximate surface area is 232 Å². The highest BCUT2D eigenvalue weighted by molar-refractivity contribution is 5.95. The molecule has 0 saturated heterocycles. The summed E-state index contributed by atoms with van der Waals surface area (Å²) in [6, 6.07) is 14.2. The number of hydrogen-bond acceptors (Lipinski definition) is 8. The largest absolute Gasteiger partial charge is 0.464 e. The number of nitrogens with zero attached hydrogens (tertiary/aromatic N) is 2. The fourth-order valence-electron chi connectivity index (χ4n) is 5.96. The van der Waals surface area contributed by atoms with Gasteiger partial charge in [0.15, 0.2) is 5.78 Å². The number of carbonyl (C=O) groups excluding carboxylic acids is 3. The first-order chi connectivity index (χ1) is 19.4. The molecule has 206 valence electrons. The Morgan fingerprint density at radius 2 is 1.85 bits per heavy atom. The number of allylic oxidation sites excluding steroid dienone is 1. The summed E-state index contributed by atoms with van der Waals surface area (Å²) in [5, 5.41) is 14.7. The van der Waals surface area contributed by atoms with Gasteiger partial charge in [-0.25, -0.2) is 9.59 Å².